The molecular formula is C15H20FNO2. The van der Waals surface area contributed by atoms with E-state index in [1.165, 1.54) is 13.2 Å². The van der Waals surface area contributed by atoms with Gasteiger partial charge in [-0.1, -0.05) is 18.9 Å². The Hall–Kier alpha value is -1.42. The van der Waals surface area contributed by atoms with Crippen LogP contribution in [0.3, 0.4) is 0 Å². The lowest BCUT2D eigenvalue weighted by molar-refractivity contribution is -0.123. The van der Waals surface area contributed by atoms with E-state index < -0.39 is 5.82 Å². The minimum atomic E-state index is -0.430. The smallest absolute Gasteiger partial charge is 0.165 e. The van der Waals surface area contributed by atoms with E-state index in [0.717, 1.165) is 25.7 Å². The van der Waals surface area contributed by atoms with Gasteiger partial charge in [-0.05, 0) is 30.5 Å². The van der Waals surface area contributed by atoms with Gasteiger partial charge in [0.1, 0.15) is 5.78 Å². The summed E-state index contributed by atoms with van der Waals surface area (Å²) in [7, 11) is 1.42. The van der Waals surface area contributed by atoms with Crippen LogP contribution in [0.15, 0.2) is 18.2 Å². The number of benzene rings is 1. The molecular weight excluding hydrogens is 245 g/mol. The molecule has 4 heteroatoms. The lowest BCUT2D eigenvalue weighted by atomic mass is 9.81. The first-order valence-corrected chi connectivity index (χ1v) is 6.72. The third kappa shape index (κ3) is 3.32. The van der Waals surface area contributed by atoms with Crippen molar-refractivity contribution >= 4 is 5.78 Å². The van der Waals surface area contributed by atoms with Gasteiger partial charge in [0.15, 0.2) is 11.6 Å². The van der Waals surface area contributed by atoms with Gasteiger partial charge in [0.25, 0.3) is 0 Å². The third-order valence-electron chi connectivity index (χ3n) is 3.83. The summed E-state index contributed by atoms with van der Waals surface area (Å²) in [5, 5.41) is 0. The minimum Gasteiger partial charge on any atom is -0.494 e. The monoisotopic (exact) mass is 265 g/mol. The fraction of sp³-hybridized carbons (Fsp3) is 0.533. The average molecular weight is 265 g/mol. The van der Waals surface area contributed by atoms with Gasteiger partial charge in [-0.25, -0.2) is 4.39 Å². The van der Waals surface area contributed by atoms with E-state index >= 15 is 0 Å². The van der Waals surface area contributed by atoms with Crippen LogP contribution in [0, 0.1) is 11.7 Å². The van der Waals surface area contributed by atoms with Gasteiger partial charge in [-0.2, -0.15) is 0 Å². The van der Waals surface area contributed by atoms with Gasteiger partial charge in [-0.3, -0.25) is 4.79 Å². The van der Waals surface area contributed by atoms with Crippen LogP contribution in [0.25, 0.3) is 0 Å². The quantitative estimate of drug-likeness (QED) is 0.909. The van der Waals surface area contributed by atoms with Crippen molar-refractivity contribution in [3.05, 3.63) is 29.6 Å². The highest BCUT2D eigenvalue weighted by Crippen LogP contribution is 2.25. The molecule has 0 bridgehead atoms. The second kappa shape index (κ2) is 6.15. The predicted octanol–water partition coefficient (Wildman–Crippen LogP) is 2.46. The number of hydrogen-bond acceptors (Lipinski definition) is 3. The lowest BCUT2D eigenvalue weighted by Gasteiger charge is -2.27. The SMILES string of the molecule is COc1ccc(CC(=O)C2CCCCC2N)cc1F. The molecule has 1 saturated carbocycles. The van der Waals surface area contributed by atoms with Crippen LogP contribution < -0.4 is 10.5 Å². The van der Waals surface area contributed by atoms with Crippen LogP contribution in [-0.4, -0.2) is 18.9 Å². The van der Waals surface area contributed by atoms with Gasteiger partial charge >= 0.3 is 0 Å². The van der Waals surface area contributed by atoms with Crippen molar-refractivity contribution in [2.45, 2.75) is 38.1 Å². The molecule has 1 aliphatic carbocycles. The summed E-state index contributed by atoms with van der Waals surface area (Å²) in [6, 6.07) is 4.61. The second-order valence-corrected chi connectivity index (χ2v) is 5.17. The number of nitrogens with two attached hydrogens (primary N) is 1. The molecule has 0 aromatic heterocycles. The molecule has 2 unspecified atom stereocenters. The molecule has 0 aliphatic heterocycles. The maximum atomic E-state index is 13.6. The number of methoxy groups -OCH3 is 1. The molecule has 0 radical (unpaired) electrons. The fourth-order valence-electron chi connectivity index (χ4n) is 2.71. The van der Waals surface area contributed by atoms with E-state index in [9.17, 15) is 9.18 Å². The zero-order valence-corrected chi connectivity index (χ0v) is 11.2. The Morgan fingerprint density at radius 2 is 2.16 bits per heavy atom. The summed E-state index contributed by atoms with van der Waals surface area (Å²) in [6.45, 7) is 0. The van der Waals surface area contributed by atoms with Gasteiger partial charge in [0.2, 0.25) is 0 Å². The van der Waals surface area contributed by atoms with Gasteiger partial charge in [0.05, 0.1) is 7.11 Å². The minimum absolute atomic E-state index is 0.0376. The number of ketones is 1. The molecule has 0 saturated heterocycles. The molecule has 1 aromatic rings. The molecule has 19 heavy (non-hydrogen) atoms. The number of carbonyl (C=O) groups excluding carboxylic acids is 1. The van der Waals surface area contributed by atoms with Crippen molar-refractivity contribution in [1.29, 1.82) is 0 Å². The van der Waals surface area contributed by atoms with Crippen molar-refractivity contribution in [2.24, 2.45) is 11.7 Å². The van der Waals surface area contributed by atoms with Crippen LogP contribution in [0.4, 0.5) is 4.39 Å². The number of hydrogen-bond donors (Lipinski definition) is 1. The topological polar surface area (TPSA) is 52.3 Å². The summed E-state index contributed by atoms with van der Waals surface area (Å²) in [6.07, 6.45) is 4.18. The van der Waals surface area contributed by atoms with Crippen molar-refractivity contribution in [3.63, 3.8) is 0 Å². The van der Waals surface area contributed by atoms with Crippen molar-refractivity contribution in [1.82, 2.24) is 0 Å². The highest BCUT2D eigenvalue weighted by Gasteiger charge is 2.27. The van der Waals surface area contributed by atoms with Crippen LogP contribution in [0.2, 0.25) is 0 Å². The predicted molar refractivity (Wildman–Crippen MR) is 71.6 cm³/mol. The molecule has 2 rings (SSSR count). The molecule has 0 amide bonds. The molecule has 1 aliphatic rings. The average Bonchev–Trinajstić information content (AvgIpc) is 2.39. The van der Waals surface area contributed by atoms with Crippen molar-refractivity contribution in [3.8, 4) is 5.75 Å². The fourth-order valence-corrected chi connectivity index (χ4v) is 2.71. The normalized spacial score (nSPS) is 23.1. The Balaban J connectivity index is 2.04. The number of carbonyl (C=O) groups is 1. The highest BCUT2D eigenvalue weighted by molar-refractivity contribution is 5.84. The van der Waals surface area contributed by atoms with Crippen molar-refractivity contribution in [2.75, 3.05) is 7.11 Å². The Labute approximate surface area is 112 Å². The van der Waals surface area contributed by atoms with Crippen LogP contribution >= 0.6 is 0 Å². The summed E-state index contributed by atoms with van der Waals surface area (Å²) in [5.74, 6) is -0.179. The molecule has 0 spiro atoms. The van der Waals surface area contributed by atoms with E-state index in [1.807, 2.05) is 0 Å². The standard InChI is InChI=1S/C15H20FNO2/c1-19-15-7-6-10(8-12(15)16)9-14(18)11-4-2-3-5-13(11)17/h6-8,11,13H,2-5,9,17H2,1H3. The van der Waals surface area contributed by atoms with Crippen LogP contribution in [-0.2, 0) is 11.2 Å². The van der Waals surface area contributed by atoms with E-state index in [2.05, 4.69) is 0 Å². The van der Waals surface area contributed by atoms with Crippen molar-refractivity contribution < 1.29 is 13.9 Å². The molecule has 2 atom stereocenters. The third-order valence-corrected chi connectivity index (χ3v) is 3.83. The van der Waals surface area contributed by atoms with Crippen LogP contribution in [0.5, 0.6) is 5.75 Å². The van der Waals surface area contributed by atoms with E-state index in [4.69, 9.17) is 10.5 Å². The highest BCUT2D eigenvalue weighted by atomic mass is 19.1. The Morgan fingerprint density at radius 1 is 1.42 bits per heavy atom. The first-order chi connectivity index (χ1) is 9.11. The Bertz CT molecular complexity index is 461. The molecule has 104 valence electrons. The molecule has 1 fully saturated rings. The Morgan fingerprint density at radius 3 is 2.79 bits per heavy atom. The first kappa shape index (κ1) is 14.0. The lowest BCUT2D eigenvalue weighted by Crippen LogP contribution is -2.38. The van der Waals surface area contributed by atoms with E-state index in [1.54, 1.807) is 12.1 Å². The maximum Gasteiger partial charge on any atom is 0.165 e. The summed E-state index contributed by atoms with van der Waals surface area (Å²) < 4.78 is 18.4. The summed E-state index contributed by atoms with van der Waals surface area (Å²) >= 11 is 0. The van der Waals surface area contributed by atoms with Crippen LogP contribution in [0.1, 0.15) is 31.2 Å². The van der Waals surface area contributed by atoms with Gasteiger partial charge in [0, 0.05) is 18.4 Å². The molecule has 2 N–H and O–H groups in total. The first-order valence-electron chi connectivity index (χ1n) is 6.72. The number of ether oxygens (including phenoxy) is 1. The number of halogens is 1. The van der Waals surface area contributed by atoms with Gasteiger partial charge < -0.3 is 10.5 Å². The maximum absolute atomic E-state index is 13.6. The largest absolute Gasteiger partial charge is 0.494 e. The molecule has 1 aromatic carbocycles. The zero-order valence-electron chi connectivity index (χ0n) is 11.2. The Kier molecular flexibility index (Phi) is 4.53. The van der Waals surface area contributed by atoms with Gasteiger partial charge in [-0.15, -0.1) is 0 Å². The van der Waals surface area contributed by atoms with E-state index in [-0.39, 0.29) is 29.9 Å². The van der Waals surface area contributed by atoms with E-state index in [0.29, 0.717) is 5.56 Å². The summed E-state index contributed by atoms with van der Waals surface area (Å²) in [5.41, 5.74) is 6.68. The summed E-state index contributed by atoms with van der Waals surface area (Å²) in [4.78, 5) is 12.2. The number of Topliss-reactive ketones (excluding diaryl/α,β-unsaturated/α-hetero) is 1. The number of rotatable bonds is 4. The molecule has 3 nitrogen and oxygen atoms in total. The zero-order chi connectivity index (χ0) is 13.8. The molecule has 0 heterocycles. The second-order valence-electron chi connectivity index (χ2n) is 5.17.